The van der Waals surface area contributed by atoms with E-state index in [2.05, 4.69) is 57.6 Å². The molecule has 0 saturated carbocycles. The molecule has 3 rings (SSSR count). The standard InChI is InChI=1S/C20H26N2.BrH/c1-11-13(3)19(21-15(11)5)17-8-7-9-18(10-17)20-14(4)12(2)16(6)22-20;/h10,21H,7-9H2,1-6H3;1H/b20-18+;. The third-order valence-corrected chi connectivity index (χ3v) is 5.51. The summed E-state index contributed by atoms with van der Waals surface area (Å²) in [6, 6.07) is 0. The number of aryl methyl sites for hydroxylation is 1. The van der Waals surface area contributed by atoms with Gasteiger partial charge in [-0.25, -0.2) is 4.99 Å². The minimum Gasteiger partial charge on any atom is -1.00 e. The molecule has 0 radical (unpaired) electrons. The van der Waals surface area contributed by atoms with E-state index >= 15 is 0 Å². The maximum atomic E-state index is 3.59. The second kappa shape index (κ2) is 6.64. The summed E-state index contributed by atoms with van der Waals surface area (Å²) in [6.07, 6.45) is 5.98. The van der Waals surface area contributed by atoms with E-state index < -0.39 is 0 Å². The van der Waals surface area contributed by atoms with Crippen LogP contribution in [-0.4, -0.2) is 10.7 Å². The van der Waals surface area contributed by atoms with Crippen LogP contribution in [0.5, 0.6) is 0 Å². The van der Waals surface area contributed by atoms with Gasteiger partial charge >= 0.3 is 0 Å². The van der Waals surface area contributed by atoms with E-state index in [0.29, 0.717) is 0 Å². The lowest BCUT2D eigenvalue weighted by atomic mass is 9.89. The van der Waals surface area contributed by atoms with Gasteiger partial charge in [-0.1, -0.05) is 0 Å². The normalized spacial score (nSPS) is 21.3. The lowest BCUT2D eigenvalue weighted by molar-refractivity contribution is -0.389. The zero-order valence-electron chi connectivity index (χ0n) is 15.1. The van der Waals surface area contributed by atoms with Gasteiger partial charge in [0.2, 0.25) is 5.70 Å². The van der Waals surface area contributed by atoms with E-state index in [1.165, 1.54) is 75.5 Å². The molecule has 1 aliphatic heterocycles. The molecule has 2 N–H and O–H groups in total. The number of H-pyrrole nitrogens is 1. The summed E-state index contributed by atoms with van der Waals surface area (Å²) in [4.78, 5) is 7.19. The fraction of sp³-hybridized carbons (Fsp3) is 0.450. The molecule has 1 aliphatic carbocycles. The highest BCUT2D eigenvalue weighted by Crippen LogP contribution is 2.34. The van der Waals surface area contributed by atoms with Crippen LogP contribution in [0.25, 0.3) is 5.57 Å². The van der Waals surface area contributed by atoms with E-state index in [1.807, 2.05) is 0 Å². The van der Waals surface area contributed by atoms with Crippen molar-refractivity contribution in [2.45, 2.75) is 60.8 Å². The van der Waals surface area contributed by atoms with Crippen molar-refractivity contribution < 1.29 is 22.0 Å². The van der Waals surface area contributed by atoms with Crippen molar-refractivity contribution in [2.75, 3.05) is 0 Å². The van der Waals surface area contributed by atoms with Gasteiger partial charge in [-0.3, -0.25) is 0 Å². The molecule has 0 aromatic carbocycles. The predicted octanol–water partition coefficient (Wildman–Crippen LogP) is 0.657. The molecule has 2 nitrogen and oxygen atoms in total. The Balaban J connectivity index is 0.00000192. The van der Waals surface area contributed by atoms with Crippen LogP contribution < -0.4 is 22.0 Å². The number of halogens is 1. The van der Waals surface area contributed by atoms with E-state index in [0.717, 1.165) is 0 Å². The van der Waals surface area contributed by atoms with Crippen molar-refractivity contribution in [3.05, 3.63) is 51.0 Å². The summed E-state index contributed by atoms with van der Waals surface area (Å²) < 4.78 is 0. The lowest BCUT2D eigenvalue weighted by Crippen LogP contribution is -3.00. The van der Waals surface area contributed by atoms with Crippen molar-refractivity contribution >= 4 is 11.3 Å². The maximum Gasteiger partial charge on any atom is 0.210 e. The zero-order valence-corrected chi connectivity index (χ0v) is 16.7. The Hall–Kier alpha value is -1.35. The van der Waals surface area contributed by atoms with E-state index in [-0.39, 0.29) is 17.0 Å². The van der Waals surface area contributed by atoms with Gasteiger partial charge in [0.15, 0.2) is 5.71 Å². The number of allylic oxidation sites excluding steroid dienone is 5. The molecule has 1 aromatic heterocycles. The van der Waals surface area contributed by atoms with Gasteiger partial charge < -0.3 is 22.0 Å². The SMILES string of the molecule is CC1=[NH+]/C(=C2/C=C(c3[nH]c(C)c(C)c3C)CCC2)C(C)=C1C.[Br-]. The van der Waals surface area contributed by atoms with Crippen molar-refractivity contribution in [2.24, 2.45) is 0 Å². The van der Waals surface area contributed by atoms with E-state index in [9.17, 15) is 0 Å². The molecule has 2 heterocycles. The van der Waals surface area contributed by atoms with Crippen molar-refractivity contribution in [3.8, 4) is 0 Å². The zero-order chi connectivity index (χ0) is 16.0. The Morgan fingerprint density at radius 2 is 1.61 bits per heavy atom. The molecule has 0 spiro atoms. The molecule has 23 heavy (non-hydrogen) atoms. The molecule has 0 atom stereocenters. The highest BCUT2D eigenvalue weighted by atomic mass is 79.9. The van der Waals surface area contributed by atoms with Crippen molar-refractivity contribution in [1.82, 2.24) is 4.98 Å². The number of hydrogen-bond acceptors (Lipinski definition) is 0. The van der Waals surface area contributed by atoms with Gasteiger partial charge in [0.05, 0.1) is 0 Å². The van der Waals surface area contributed by atoms with Crippen LogP contribution in [0.15, 0.2) is 28.5 Å². The van der Waals surface area contributed by atoms with E-state index in [4.69, 9.17) is 0 Å². The smallest absolute Gasteiger partial charge is 0.210 e. The van der Waals surface area contributed by atoms with Crippen LogP contribution in [0, 0.1) is 20.8 Å². The first-order chi connectivity index (χ1) is 10.4. The van der Waals surface area contributed by atoms with E-state index in [1.54, 1.807) is 0 Å². The van der Waals surface area contributed by atoms with Gasteiger partial charge in [-0.2, -0.15) is 0 Å². The number of rotatable bonds is 1. The Morgan fingerprint density at radius 3 is 2.13 bits per heavy atom. The molecule has 0 fully saturated rings. The number of nitrogens with one attached hydrogen (secondary N) is 2. The second-order valence-electron chi connectivity index (χ2n) is 6.80. The van der Waals surface area contributed by atoms with Crippen molar-refractivity contribution in [1.29, 1.82) is 0 Å². The Morgan fingerprint density at radius 1 is 0.913 bits per heavy atom. The quantitative estimate of drug-likeness (QED) is 0.723. The summed E-state index contributed by atoms with van der Waals surface area (Å²) in [7, 11) is 0. The molecule has 0 saturated heterocycles. The van der Waals surface area contributed by atoms with Crippen LogP contribution in [0.1, 0.15) is 62.5 Å². The first-order valence-electron chi connectivity index (χ1n) is 8.28. The molecule has 3 heteroatoms. The largest absolute Gasteiger partial charge is 1.00 e. The third-order valence-electron chi connectivity index (χ3n) is 5.51. The molecular weight excluding hydrogens is 348 g/mol. The summed E-state index contributed by atoms with van der Waals surface area (Å²) in [6.45, 7) is 13.2. The first-order valence-corrected chi connectivity index (χ1v) is 8.28. The Kier molecular flexibility index (Phi) is 5.20. The number of hydrogen-bond donors (Lipinski definition) is 2. The lowest BCUT2D eigenvalue weighted by Gasteiger charge is -2.15. The Bertz CT molecular complexity index is 770. The molecule has 124 valence electrons. The molecule has 0 unspecified atom stereocenters. The summed E-state index contributed by atoms with van der Waals surface area (Å²) in [5.41, 5.74) is 13.8. The van der Waals surface area contributed by atoms with Crippen LogP contribution in [-0.2, 0) is 0 Å². The first kappa shape index (κ1) is 18.0. The van der Waals surface area contributed by atoms with Crippen LogP contribution in [0.3, 0.4) is 0 Å². The van der Waals surface area contributed by atoms with Gasteiger partial charge in [-0.15, -0.1) is 0 Å². The number of aromatic amines is 1. The minimum absolute atomic E-state index is 0. The molecular formula is C20H27BrN2. The van der Waals surface area contributed by atoms with Gasteiger partial charge in [-0.05, 0) is 76.7 Å². The summed E-state index contributed by atoms with van der Waals surface area (Å²) >= 11 is 0. The fourth-order valence-corrected chi connectivity index (χ4v) is 3.55. The van der Waals surface area contributed by atoms with Crippen molar-refractivity contribution in [3.63, 3.8) is 0 Å². The Labute approximate surface area is 150 Å². The second-order valence-corrected chi connectivity index (χ2v) is 6.80. The van der Waals surface area contributed by atoms with Crippen LogP contribution >= 0.6 is 0 Å². The fourth-order valence-electron chi connectivity index (χ4n) is 3.55. The predicted molar refractivity (Wildman–Crippen MR) is 93.9 cm³/mol. The number of aromatic nitrogens is 1. The molecule has 0 bridgehead atoms. The highest BCUT2D eigenvalue weighted by molar-refractivity contribution is 5.96. The monoisotopic (exact) mass is 374 g/mol. The minimum atomic E-state index is 0. The highest BCUT2D eigenvalue weighted by Gasteiger charge is 2.26. The molecule has 0 amide bonds. The van der Waals surface area contributed by atoms with Gasteiger partial charge in [0, 0.05) is 35.0 Å². The third kappa shape index (κ3) is 3.03. The average Bonchev–Trinajstić information content (AvgIpc) is 2.92. The van der Waals surface area contributed by atoms with Gasteiger partial charge in [0.25, 0.3) is 0 Å². The summed E-state index contributed by atoms with van der Waals surface area (Å²) in [5, 5.41) is 0. The van der Waals surface area contributed by atoms with Crippen LogP contribution in [0.2, 0.25) is 0 Å². The summed E-state index contributed by atoms with van der Waals surface area (Å²) in [5.74, 6) is 0. The van der Waals surface area contributed by atoms with Crippen LogP contribution in [0.4, 0.5) is 0 Å². The molecule has 2 aliphatic rings. The van der Waals surface area contributed by atoms with Gasteiger partial charge in [0.1, 0.15) is 0 Å². The maximum absolute atomic E-state index is 3.59. The average molecular weight is 375 g/mol. The molecule has 1 aromatic rings. The topological polar surface area (TPSA) is 29.8 Å².